The number of rotatable bonds is 4. The third-order valence-corrected chi connectivity index (χ3v) is 2.43. The molecule has 0 saturated carbocycles. The number of carbonyl (C=O) groups excluding carboxylic acids is 1. The maximum Gasteiger partial charge on any atom is 0.152 e. The largest absolute Gasteiger partial charge is 0.343 e. The van der Waals surface area contributed by atoms with Crippen molar-refractivity contribution in [3.05, 3.63) is 36.2 Å². The van der Waals surface area contributed by atoms with Crippen molar-refractivity contribution < 1.29 is 4.79 Å². The molecule has 1 aromatic rings. The van der Waals surface area contributed by atoms with Gasteiger partial charge in [0.1, 0.15) is 0 Å². The maximum absolute atomic E-state index is 10.9. The molecule has 0 bridgehead atoms. The van der Waals surface area contributed by atoms with Crippen molar-refractivity contribution in [2.24, 2.45) is 0 Å². The van der Waals surface area contributed by atoms with E-state index in [2.05, 4.69) is 13.2 Å². The molecule has 1 aromatic heterocycles. The van der Waals surface area contributed by atoms with Crippen LogP contribution in [0.3, 0.4) is 0 Å². The van der Waals surface area contributed by atoms with Crippen LogP contribution in [-0.2, 0) is 0 Å². The highest BCUT2D eigenvalue weighted by Gasteiger charge is 2.16. The van der Waals surface area contributed by atoms with Gasteiger partial charge in [0, 0.05) is 23.4 Å². The van der Waals surface area contributed by atoms with Crippen LogP contribution in [0.1, 0.15) is 55.4 Å². The van der Waals surface area contributed by atoms with Gasteiger partial charge in [-0.15, -0.1) is 0 Å². The first-order chi connectivity index (χ1) is 8.02. The molecule has 1 rings (SSSR count). The number of aromatic nitrogens is 1. The van der Waals surface area contributed by atoms with Gasteiger partial charge < -0.3 is 4.57 Å². The van der Waals surface area contributed by atoms with Crippen molar-refractivity contribution >= 4 is 29.0 Å². The standard InChI is InChI=1S/C12H14ClNO.C2H6/c1-5-11-10(7-15)6-14(8(2)3)12(11)9(4)13;1-2/h5-8H,1,4H2,2-3H3;1-2H3. The lowest BCUT2D eigenvalue weighted by atomic mass is 10.1. The van der Waals surface area contributed by atoms with Crippen molar-refractivity contribution in [2.45, 2.75) is 33.7 Å². The first kappa shape index (κ1) is 15.7. The second kappa shape index (κ2) is 7.13. The smallest absolute Gasteiger partial charge is 0.152 e. The zero-order chi connectivity index (χ0) is 13.6. The normalized spacial score (nSPS) is 9.53. The molecule has 0 spiro atoms. The molecule has 0 N–H and O–H groups in total. The van der Waals surface area contributed by atoms with Crippen LogP contribution in [0.25, 0.3) is 11.1 Å². The molecule has 0 atom stereocenters. The summed E-state index contributed by atoms with van der Waals surface area (Å²) in [5, 5.41) is 0.423. The average molecular weight is 254 g/mol. The molecule has 0 aliphatic rings. The predicted octanol–water partition coefficient (Wildman–Crippen LogP) is 4.76. The number of hydrogen-bond donors (Lipinski definition) is 0. The monoisotopic (exact) mass is 253 g/mol. The molecule has 0 aliphatic carbocycles. The summed E-state index contributed by atoms with van der Waals surface area (Å²) in [7, 11) is 0. The van der Waals surface area contributed by atoms with Crippen molar-refractivity contribution in [3.63, 3.8) is 0 Å². The Kier molecular flexibility index (Phi) is 6.59. The maximum atomic E-state index is 10.9. The Morgan fingerprint density at radius 3 is 2.29 bits per heavy atom. The lowest BCUT2D eigenvalue weighted by molar-refractivity contribution is 0.112. The van der Waals surface area contributed by atoms with Gasteiger partial charge in [0.15, 0.2) is 6.29 Å². The number of halogens is 1. The van der Waals surface area contributed by atoms with Gasteiger partial charge in [-0.25, -0.2) is 0 Å². The molecule has 0 saturated heterocycles. The highest BCUT2D eigenvalue weighted by Crippen LogP contribution is 2.29. The fourth-order valence-electron chi connectivity index (χ4n) is 1.56. The number of aldehydes is 1. The van der Waals surface area contributed by atoms with Gasteiger partial charge in [0.05, 0.1) is 10.7 Å². The molecular formula is C14H20ClNO. The summed E-state index contributed by atoms with van der Waals surface area (Å²) in [5.41, 5.74) is 2.11. The Morgan fingerprint density at radius 2 is 2.00 bits per heavy atom. The van der Waals surface area contributed by atoms with Crippen molar-refractivity contribution in [1.29, 1.82) is 0 Å². The summed E-state index contributed by atoms with van der Waals surface area (Å²) in [5.74, 6) is 0. The van der Waals surface area contributed by atoms with E-state index in [-0.39, 0.29) is 6.04 Å². The van der Waals surface area contributed by atoms with Crippen LogP contribution in [0.15, 0.2) is 19.4 Å². The first-order valence-corrected chi connectivity index (χ1v) is 6.08. The highest BCUT2D eigenvalue weighted by molar-refractivity contribution is 6.48. The molecule has 0 fully saturated rings. The van der Waals surface area contributed by atoms with Crippen LogP contribution < -0.4 is 0 Å². The topological polar surface area (TPSA) is 22.0 Å². The Balaban J connectivity index is 0.00000121. The molecule has 0 amide bonds. The fraction of sp³-hybridized carbons (Fsp3) is 0.357. The van der Waals surface area contributed by atoms with E-state index in [1.807, 2.05) is 32.3 Å². The molecular weight excluding hydrogens is 234 g/mol. The van der Waals surface area contributed by atoms with Crippen LogP contribution in [0, 0.1) is 0 Å². The predicted molar refractivity (Wildman–Crippen MR) is 76.5 cm³/mol. The van der Waals surface area contributed by atoms with Gasteiger partial charge in [-0.3, -0.25) is 4.79 Å². The van der Waals surface area contributed by atoms with E-state index in [0.717, 1.165) is 17.5 Å². The summed E-state index contributed by atoms with van der Waals surface area (Å²) in [6.45, 7) is 15.4. The number of hydrogen-bond acceptors (Lipinski definition) is 1. The minimum absolute atomic E-state index is 0.225. The molecule has 0 radical (unpaired) electrons. The van der Waals surface area contributed by atoms with Gasteiger partial charge >= 0.3 is 0 Å². The first-order valence-electron chi connectivity index (χ1n) is 5.70. The van der Waals surface area contributed by atoms with Crippen LogP contribution >= 0.6 is 11.6 Å². The second-order valence-electron chi connectivity index (χ2n) is 3.57. The molecule has 94 valence electrons. The minimum atomic E-state index is 0.225. The average Bonchev–Trinajstić information content (AvgIpc) is 2.70. The third-order valence-electron chi connectivity index (χ3n) is 2.25. The Bertz CT molecular complexity index is 416. The summed E-state index contributed by atoms with van der Waals surface area (Å²) in [6, 6.07) is 0.225. The van der Waals surface area contributed by atoms with E-state index in [9.17, 15) is 4.79 Å². The summed E-state index contributed by atoms with van der Waals surface area (Å²) in [4.78, 5) is 10.9. The fourth-order valence-corrected chi connectivity index (χ4v) is 1.76. The third kappa shape index (κ3) is 3.34. The molecule has 1 heterocycles. The lowest BCUT2D eigenvalue weighted by Crippen LogP contribution is -2.02. The van der Waals surface area contributed by atoms with E-state index >= 15 is 0 Å². The molecule has 0 unspecified atom stereocenters. The van der Waals surface area contributed by atoms with Crippen LogP contribution in [0.4, 0.5) is 0 Å². The zero-order valence-corrected chi connectivity index (χ0v) is 11.7. The number of nitrogens with zero attached hydrogens (tertiary/aromatic N) is 1. The number of carbonyl (C=O) groups is 1. The van der Waals surface area contributed by atoms with Crippen molar-refractivity contribution in [3.8, 4) is 0 Å². The SMILES string of the molecule is C=Cc1c(C=O)cn(C(C)C)c1C(=C)Cl.CC. The molecule has 0 aromatic carbocycles. The molecule has 0 aliphatic heterocycles. The second-order valence-corrected chi connectivity index (χ2v) is 4.03. The van der Waals surface area contributed by atoms with Gasteiger partial charge in [-0.1, -0.05) is 44.7 Å². The van der Waals surface area contributed by atoms with E-state index in [4.69, 9.17) is 11.6 Å². The molecule has 2 nitrogen and oxygen atoms in total. The summed E-state index contributed by atoms with van der Waals surface area (Å²) < 4.78 is 1.93. The van der Waals surface area contributed by atoms with Crippen LogP contribution in [0.2, 0.25) is 0 Å². The quantitative estimate of drug-likeness (QED) is 0.709. The highest BCUT2D eigenvalue weighted by atomic mass is 35.5. The molecule has 3 heteroatoms. The van der Waals surface area contributed by atoms with E-state index < -0.39 is 0 Å². The Morgan fingerprint density at radius 1 is 1.47 bits per heavy atom. The van der Waals surface area contributed by atoms with Gasteiger partial charge in [-0.2, -0.15) is 0 Å². The van der Waals surface area contributed by atoms with E-state index in [0.29, 0.717) is 10.6 Å². The van der Waals surface area contributed by atoms with Crippen molar-refractivity contribution in [1.82, 2.24) is 4.57 Å². The Hall–Kier alpha value is -1.28. The van der Waals surface area contributed by atoms with Gasteiger partial charge in [0.25, 0.3) is 0 Å². The van der Waals surface area contributed by atoms with Crippen LogP contribution in [0.5, 0.6) is 0 Å². The van der Waals surface area contributed by atoms with E-state index in [1.165, 1.54) is 0 Å². The van der Waals surface area contributed by atoms with E-state index in [1.54, 1.807) is 12.3 Å². The summed E-state index contributed by atoms with van der Waals surface area (Å²) >= 11 is 5.93. The van der Waals surface area contributed by atoms with Gasteiger partial charge in [0.2, 0.25) is 0 Å². The minimum Gasteiger partial charge on any atom is -0.343 e. The Labute approximate surface area is 109 Å². The zero-order valence-electron chi connectivity index (χ0n) is 11.0. The van der Waals surface area contributed by atoms with Crippen molar-refractivity contribution in [2.75, 3.05) is 0 Å². The van der Waals surface area contributed by atoms with Gasteiger partial charge in [-0.05, 0) is 13.8 Å². The van der Waals surface area contributed by atoms with Crippen LogP contribution in [-0.4, -0.2) is 10.9 Å². The summed E-state index contributed by atoms with van der Waals surface area (Å²) in [6.07, 6.45) is 4.21. The molecule has 17 heavy (non-hydrogen) atoms. The lowest BCUT2D eigenvalue weighted by Gasteiger charge is -2.12.